The average Bonchev–Trinajstić information content (AvgIpc) is 3.20. The van der Waals surface area contributed by atoms with Crippen molar-refractivity contribution in [1.82, 2.24) is 10.3 Å². The molecule has 154 valence electrons. The van der Waals surface area contributed by atoms with E-state index in [4.69, 9.17) is 9.90 Å². The summed E-state index contributed by atoms with van der Waals surface area (Å²) in [5.41, 5.74) is 5.13. The molecule has 0 bridgehead atoms. The molecule has 0 aliphatic heterocycles. The largest absolute Gasteiger partial charge is 0.481 e. The maximum Gasteiger partial charge on any atom is 0.300 e. The summed E-state index contributed by atoms with van der Waals surface area (Å²) in [5.74, 6) is 0.131. The summed E-state index contributed by atoms with van der Waals surface area (Å²) in [6.07, 6.45) is 10.6. The van der Waals surface area contributed by atoms with Gasteiger partial charge in [-0.2, -0.15) is 0 Å². The van der Waals surface area contributed by atoms with Gasteiger partial charge in [0.25, 0.3) is 5.97 Å². The van der Waals surface area contributed by atoms with Crippen LogP contribution in [0.3, 0.4) is 0 Å². The first-order chi connectivity index (χ1) is 14.1. The molecule has 2 aromatic carbocycles. The fourth-order valence-corrected chi connectivity index (χ4v) is 4.06. The van der Waals surface area contributed by atoms with E-state index in [9.17, 15) is 0 Å². The van der Waals surface area contributed by atoms with Gasteiger partial charge in [0.2, 0.25) is 0 Å². The molecule has 3 aromatic rings. The van der Waals surface area contributed by atoms with E-state index in [-0.39, 0.29) is 0 Å². The highest BCUT2D eigenvalue weighted by atomic mass is 16.4. The van der Waals surface area contributed by atoms with Crippen molar-refractivity contribution in [2.75, 3.05) is 6.54 Å². The van der Waals surface area contributed by atoms with Crippen LogP contribution in [0.2, 0.25) is 0 Å². The fraction of sp³-hybridized carbons (Fsp3) is 0.400. The molecular weight excluding hydrogens is 360 g/mol. The van der Waals surface area contributed by atoms with Crippen LogP contribution >= 0.6 is 0 Å². The zero-order valence-electron chi connectivity index (χ0n) is 17.3. The van der Waals surface area contributed by atoms with Crippen LogP contribution in [-0.4, -0.2) is 22.6 Å². The summed E-state index contributed by atoms with van der Waals surface area (Å²) in [6, 6.07) is 17.7. The minimum Gasteiger partial charge on any atom is -0.481 e. The number of hydrogen-bond donors (Lipinski definition) is 3. The first-order valence-corrected chi connectivity index (χ1v) is 10.7. The molecule has 0 spiro atoms. The van der Waals surface area contributed by atoms with Crippen molar-refractivity contribution in [2.24, 2.45) is 5.92 Å². The number of rotatable bonds is 6. The quantitative estimate of drug-likeness (QED) is 0.452. The standard InChI is InChI=1S/C23H28N2.C2H4O2/c1-2-4-18(5-3-1)12-14-24-17-19-6-8-20(9-7-19)21-10-11-23-22(16-21)13-15-25-23;1-2(3)4/h6-11,13,15-16,18,24-25H,1-5,12,14,17H2;1H3,(H,3,4). The molecule has 1 aromatic heterocycles. The average molecular weight is 393 g/mol. The van der Waals surface area contributed by atoms with Gasteiger partial charge in [-0.3, -0.25) is 4.79 Å². The highest BCUT2D eigenvalue weighted by molar-refractivity contribution is 5.85. The lowest BCUT2D eigenvalue weighted by atomic mass is 9.87. The molecule has 4 rings (SSSR count). The summed E-state index contributed by atoms with van der Waals surface area (Å²) < 4.78 is 0. The number of hydrogen-bond acceptors (Lipinski definition) is 2. The number of carbonyl (C=O) groups is 1. The molecule has 1 aliphatic rings. The summed E-state index contributed by atoms with van der Waals surface area (Å²) in [4.78, 5) is 12.3. The Labute approximate surface area is 173 Å². The van der Waals surface area contributed by atoms with Crippen molar-refractivity contribution in [1.29, 1.82) is 0 Å². The second-order valence-electron chi connectivity index (χ2n) is 7.97. The van der Waals surface area contributed by atoms with Gasteiger partial charge >= 0.3 is 0 Å². The molecule has 0 atom stereocenters. The predicted molar refractivity (Wildman–Crippen MR) is 120 cm³/mol. The minimum absolute atomic E-state index is 0.833. The van der Waals surface area contributed by atoms with Crippen molar-refractivity contribution in [3.8, 4) is 11.1 Å². The van der Waals surface area contributed by atoms with Gasteiger partial charge in [-0.15, -0.1) is 0 Å². The number of aromatic nitrogens is 1. The zero-order valence-corrected chi connectivity index (χ0v) is 17.3. The van der Waals surface area contributed by atoms with E-state index in [1.807, 2.05) is 6.20 Å². The normalized spacial score (nSPS) is 14.4. The monoisotopic (exact) mass is 392 g/mol. The number of fused-ring (bicyclic) bond motifs is 1. The van der Waals surface area contributed by atoms with Crippen LogP contribution in [0, 0.1) is 5.92 Å². The Bertz CT molecular complexity index is 889. The van der Waals surface area contributed by atoms with Crippen LogP contribution < -0.4 is 5.32 Å². The highest BCUT2D eigenvalue weighted by Crippen LogP contribution is 2.26. The van der Waals surface area contributed by atoms with Crippen LogP contribution in [0.15, 0.2) is 54.7 Å². The van der Waals surface area contributed by atoms with Crippen LogP contribution in [0.1, 0.15) is 51.0 Å². The molecule has 0 radical (unpaired) electrons. The zero-order chi connectivity index (χ0) is 20.5. The van der Waals surface area contributed by atoms with Crippen molar-refractivity contribution in [2.45, 2.75) is 52.0 Å². The number of carboxylic acids is 1. The lowest BCUT2D eigenvalue weighted by molar-refractivity contribution is -0.134. The number of carboxylic acid groups (broad SMARTS) is 1. The van der Waals surface area contributed by atoms with Crippen molar-refractivity contribution >= 4 is 16.9 Å². The molecule has 0 unspecified atom stereocenters. The summed E-state index contributed by atoms with van der Waals surface area (Å²) in [7, 11) is 0. The predicted octanol–water partition coefficient (Wildman–Crippen LogP) is 5.99. The van der Waals surface area contributed by atoms with E-state index < -0.39 is 5.97 Å². The van der Waals surface area contributed by atoms with Crippen molar-refractivity contribution in [3.63, 3.8) is 0 Å². The molecule has 29 heavy (non-hydrogen) atoms. The maximum absolute atomic E-state index is 9.00. The van der Waals surface area contributed by atoms with Gasteiger partial charge in [0.15, 0.2) is 0 Å². The molecular formula is C25H32N2O2. The van der Waals surface area contributed by atoms with Gasteiger partial charge < -0.3 is 15.4 Å². The van der Waals surface area contributed by atoms with Gasteiger partial charge in [0.1, 0.15) is 0 Å². The second kappa shape index (κ2) is 10.8. The lowest BCUT2D eigenvalue weighted by Gasteiger charge is -2.21. The Morgan fingerprint density at radius 1 is 1.03 bits per heavy atom. The van der Waals surface area contributed by atoms with Crippen LogP contribution in [0.4, 0.5) is 0 Å². The Morgan fingerprint density at radius 3 is 2.45 bits per heavy atom. The molecule has 4 nitrogen and oxygen atoms in total. The minimum atomic E-state index is -0.833. The van der Waals surface area contributed by atoms with Crippen LogP contribution in [0.5, 0.6) is 0 Å². The van der Waals surface area contributed by atoms with E-state index in [0.29, 0.717) is 0 Å². The third-order valence-electron chi connectivity index (χ3n) is 5.62. The van der Waals surface area contributed by atoms with E-state index in [2.05, 4.69) is 58.8 Å². The van der Waals surface area contributed by atoms with Gasteiger partial charge in [0.05, 0.1) is 0 Å². The molecule has 0 saturated heterocycles. The van der Waals surface area contributed by atoms with Gasteiger partial charge in [-0.05, 0) is 59.2 Å². The number of H-pyrrole nitrogens is 1. The first-order valence-electron chi connectivity index (χ1n) is 10.7. The molecule has 0 amide bonds. The molecule has 3 N–H and O–H groups in total. The Morgan fingerprint density at radius 2 is 1.72 bits per heavy atom. The van der Waals surface area contributed by atoms with E-state index >= 15 is 0 Å². The third-order valence-corrected chi connectivity index (χ3v) is 5.62. The smallest absolute Gasteiger partial charge is 0.300 e. The van der Waals surface area contributed by atoms with E-state index in [1.54, 1.807) is 0 Å². The fourth-order valence-electron chi connectivity index (χ4n) is 4.06. The second-order valence-corrected chi connectivity index (χ2v) is 7.97. The summed E-state index contributed by atoms with van der Waals surface area (Å²) in [5, 5.41) is 12.3. The van der Waals surface area contributed by atoms with Crippen molar-refractivity contribution < 1.29 is 9.90 Å². The molecule has 1 saturated carbocycles. The maximum atomic E-state index is 9.00. The van der Waals surface area contributed by atoms with Crippen molar-refractivity contribution in [3.05, 3.63) is 60.3 Å². The summed E-state index contributed by atoms with van der Waals surface area (Å²) in [6.45, 7) is 3.21. The molecule has 4 heteroatoms. The lowest BCUT2D eigenvalue weighted by Crippen LogP contribution is -2.19. The molecule has 1 fully saturated rings. The van der Waals surface area contributed by atoms with Crippen LogP contribution in [0.25, 0.3) is 22.0 Å². The molecule has 1 heterocycles. The number of benzene rings is 2. The van der Waals surface area contributed by atoms with Gasteiger partial charge in [-0.1, -0.05) is 62.4 Å². The van der Waals surface area contributed by atoms with E-state index in [0.717, 1.165) is 25.9 Å². The van der Waals surface area contributed by atoms with Gasteiger partial charge in [-0.25, -0.2) is 0 Å². The first kappa shape index (κ1) is 21.1. The SMILES string of the molecule is CC(=O)O.c1cc2cc(-c3ccc(CNCCC4CCCCC4)cc3)ccc2[nH]1. The number of aromatic amines is 1. The Kier molecular flexibility index (Phi) is 7.88. The van der Waals surface area contributed by atoms with Crippen LogP contribution in [-0.2, 0) is 11.3 Å². The third kappa shape index (κ3) is 6.75. The van der Waals surface area contributed by atoms with E-state index in [1.165, 1.54) is 66.1 Å². The number of aliphatic carboxylic acids is 1. The Balaban J connectivity index is 0.000000552. The number of nitrogens with one attached hydrogen (secondary N) is 2. The highest BCUT2D eigenvalue weighted by Gasteiger charge is 2.12. The topological polar surface area (TPSA) is 65.1 Å². The Hall–Kier alpha value is -2.59. The molecule has 1 aliphatic carbocycles. The van der Waals surface area contributed by atoms with Gasteiger partial charge in [0, 0.05) is 25.2 Å². The summed E-state index contributed by atoms with van der Waals surface area (Å²) >= 11 is 0.